The summed E-state index contributed by atoms with van der Waals surface area (Å²) < 4.78 is 5.89. The molecular weight excluding hydrogens is 390 g/mol. The van der Waals surface area contributed by atoms with E-state index in [1.54, 1.807) is 18.5 Å². The summed E-state index contributed by atoms with van der Waals surface area (Å²) in [4.78, 5) is 25.5. The van der Waals surface area contributed by atoms with Gasteiger partial charge in [-0.25, -0.2) is 9.97 Å². The Balaban J connectivity index is 1.29. The van der Waals surface area contributed by atoms with Gasteiger partial charge in [0, 0.05) is 44.3 Å². The van der Waals surface area contributed by atoms with Crippen molar-refractivity contribution in [1.29, 1.82) is 0 Å². The van der Waals surface area contributed by atoms with Gasteiger partial charge in [0.25, 0.3) is 0 Å². The van der Waals surface area contributed by atoms with Gasteiger partial charge in [-0.05, 0) is 61.9 Å². The van der Waals surface area contributed by atoms with Crippen LogP contribution in [0.25, 0.3) is 0 Å². The molecule has 2 aromatic carbocycles. The van der Waals surface area contributed by atoms with Crippen LogP contribution in [0.15, 0.2) is 67.0 Å². The van der Waals surface area contributed by atoms with Crippen molar-refractivity contribution in [2.75, 3.05) is 36.4 Å². The van der Waals surface area contributed by atoms with Crippen molar-refractivity contribution >= 4 is 17.5 Å². The number of aromatic nitrogens is 2. The fraction of sp³-hybridized carbons (Fsp3) is 0.292. The molecule has 1 fully saturated rings. The number of hydrogen-bond acceptors (Lipinski definition) is 6. The largest absolute Gasteiger partial charge is 0.457 e. The van der Waals surface area contributed by atoms with Crippen LogP contribution in [0.5, 0.6) is 11.5 Å². The van der Waals surface area contributed by atoms with Gasteiger partial charge in [0.2, 0.25) is 11.9 Å². The fourth-order valence-electron chi connectivity index (χ4n) is 3.60. The lowest BCUT2D eigenvalue weighted by Gasteiger charge is -2.36. The lowest BCUT2D eigenvalue weighted by Crippen LogP contribution is -2.52. The molecule has 1 unspecified atom stereocenters. The molecular formula is C24H27N5O2. The molecule has 0 spiro atoms. The predicted molar refractivity (Wildman–Crippen MR) is 122 cm³/mol. The van der Waals surface area contributed by atoms with Crippen LogP contribution in [-0.4, -0.2) is 53.0 Å². The van der Waals surface area contributed by atoms with E-state index in [0.29, 0.717) is 19.0 Å². The third-order valence-corrected chi connectivity index (χ3v) is 5.26. The van der Waals surface area contributed by atoms with E-state index < -0.39 is 0 Å². The molecule has 7 heteroatoms. The lowest BCUT2D eigenvalue weighted by molar-refractivity contribution is -0.131. The van der Waals surface area contributed by atoms with Crippen molar-refractivity contribution in [1.82, 2.24) is 14.9 Å². The monoisotopic (exact) mass is 417 g/mol. The zero-order chi connectivity index (χ0) is 21.6. The van der Waals surface area contributed by atoms with Crippen LogP contribution >= 0.6 is 0 Å². The van der Waals surface area contributed by atoms with E-state index in [0.717, 1.165) is 35.8 Å². The second-order valence-corrected chi connectivity index (χ2v) is 7.67. The van der Waals surface area contributed by atoms with Crippen molar-refractivity contribution in [3.05, 3.63) is 72.6 Å². The Labute approximate surface area is 182 Å². The molecule has 1 aliphatic rings. The number of carbonyl (C=O) groups excluding carboxylic acids is 1. The van der Waals surface area contributed by atoms with Crippen LogP contribution in [0.3, 0.4) is 0 Å². The average molecular weight is 418 g/mol. The quantitative estimate of drug-likeness (QED) is 0.659. The van der Waals surface area contributed by atoms with Crippen LogP contribution in [0.1, 0.15) is 12.5 Å². The van der Waals surface area contributed by atoms with Crippen molar-refractivity contribution in [3.63, 3.8) is 0 Å². The third kappa shape index (κ3) is 5.31. The maximum Gasteiger partial charge on any atom is 0.244 e. The molecule has 1 aliphatic heterocycles. The molecule has 0 aliphatic carbocycles. The Morgan fingerprint density at radius 3 is 2.35 bits per heavy atom. The molecule has 160 valence electrons. The van der Waals surface area contributed by atoms with Gasteiger partial charge in [-0.2, -0.15) is 0 Å². The number of rotatable bonds is 6. The molecule has 0 saturated carbocycles. The number of amides is 1. The minimum Gasteiger partial charge on any atom is -0.457 e. The number of carbonyl (C=O) groups is 1. The van der Waals surface area contributed by atoms with Gasteiger partial charge >= 0.3 is 0 Å². The summed E-state index contributed by atoms with van der Waals surface area (Å²) >= 11 is 0. The number of ether oxygens (including phenoxy) is 1. The summed E-state index contributed by atoms with van der Waals surface area (Å²) in [6.45, 7) is 6.71. The summed E-state index contributed by atoms with van der Waals surface area (Å²) in [6, 6.07) is 17.1. The maximum absolute atomic E-state index is 12.9. The highest BCUT2D eigenvalue weighted by Gasteiger charge is 2.25. The van der Waals surface area contributed by atoms with Gasteiger partial charge in [-0.1, -0.05) is 12.1 Å². The van der Waals surface area contributed by atoms with E-state index in [-0.39, 0.29) is 11.9 Å². The number of benzene rings is 2. The van der Waals surface area contributed by atoms with E-state index in [2.05, 4.69) is 20.2 Å². The Kier molecular flexibility index (Phi) is 6.31. The SMILES string of the molecule is Cc1cccc(Oc2ccc(NC(C)C(=O)N3CCN(c4ncccn4)CC3)cc2)c1. The molecule has 0 bridgehead atoms. The highest BCUT2D eigenvalue weighted by Crippen LogP contribution is 2.24. The molecule has 1 aromatic heterocycles. The minimum atomic E-state index is -0.317. The van der Waals surface area contributed by atoms with Crippen LogP contribution in [-0.2, 0) is 4.79 Å². The van der Waals surface area contributed by atoms with E-state index in [9.17, 15) is 4.79 Å². The smallest absolute Gasteiger partial charge is 0.244 e. The van der Waals surface area contributed by atoms with Gasteiger partial charge in [-0.15, -0.1) is 0 Å². The van der Waals surface area contributed by atoms with Gasteiger partial charge < -0.3 is 19.9 Å². The minimum absolute atomic E-state index is 0.0914. The summed E-state index contributed by atoms with van der Waals surface area (Å²) in [5.74, 6) is 2.38. The number of anilines is 2. The Morgan fingerprint density at radius 2 is 1.68 bits per heavy atom. The molecule has 1 atom stereocenters. The van der Waals surface area contributed by atoms with Gasteiger partial charge in [0.15, 0.2) is 0 Å². The van der Waals surface area contributed by atoms with Crippen LogP contribution in [0, 0.1) is 6.92 Å². The first-order valence-corrected chi connectivity index (χ1v) is 10.5. The summed E-state index contributed by atoms with van der Waals surface area (Å²) in [5, 5.41) is 3.30. The van der Waals surface area contributed by atoms with E-state index in [1.807, 2.05) is 67.3 Å². The van der Waals surface area contributed by atoms with Crippen LogP contribution in [0.2, 0.25) is 0 Å². The first kappa shape index (κ1) is 20.7. The second kappa shape index (κ2) is 9.47. The van der Waals surface area contributed by atoms with Crippen molar-refractivity contribution in [3.8, 4) is 11.5 Å². The van der Waals surface area contributed by atoms with Crippen molar-refractivity contribution in [2.45, 2.75) is 19.9 Å². The Hall–Kier alpha value is -3.61. The van der Waals surface area contributed by atoms with Gasteiger partial charge in [0.1, 0.15) is 17.5 Å². The average Bonchev–Trinajstić information content (AvgIpc) is 2.80. The van der Waals surface area contributed by atoms with Crippen LogP contribution < -0.4 is 15.0 Å². The third-order valence-electron chi connectivity index (χ3n) is 5.26. The zero-order valence-corrected chi connectivity index (χ0v) is 17.9. The van der Waals surface area contributed by atoms with E-state index in [4.69, 9.17) is 4.74 Å². The summed E-state index contributed by atoms with van der Waals surface area (Å²) in [6.07, 6.45) is 3.48. The van der Waals surface area contributed by atoms with E-state index in [1.165, 1.54) is 0 Å². The molecule has 0 radical (unpaired) electrons. The zero-order valence-electron chi connectivity index (χ0n) is 17.9. The maximum atomic E-state index is 12.9. The molecule has 1 amide bonds. The fourth-order valence-corrected chi connectivity index (χ4v) is 3.60. The topological polar surface area (TPSA) is 70.6 Å². The molecule has 7 nitrogen and oxygen atoms in total. The molecule has 4 rings (SSSR count). The molecule has 31 heavy (non-hydrogen) atoms. The highest BCUT2D eigenvalue weighted by molar-refractivity contribution is 5.84. The van der Waals surface area contributed by atoms with Gasteiger partial charge in [0.05, 0.1) is 0 Å². The number of hydrogen-bond donors (Lipinski definition) is 1. The number of nitrogens with one attached hydrogen (secondary N) is 1. The standard InChI is InChI=1S/C24H27N5O2/c1-18-5-3-6-22(17-18)31-21-9-7-20(8-10-21)27-19(2)23(30)28-13-15-29(16-14-28)24-25-11-4-12-26-24/h3-12,17,19,27H,13-16H2,1-2H3. The van der Waals surface area contributed by atoms with Crippen molar-refractivity contribution in [2.24, 2.45) is 0 Å². The first-order chi connectivity index (χ1) is 15.1. The lowest BCUT2D eigenvalue weighted by atomic mass is 10.2. The van der Waals surface area contributed by atoms with E-state index >= 15 is 0 Å². The van der Waals surface area contributed by atoms with Crippen molar-refractivity contribution < 1.29 is 9.53 Å². The normalized spacial score (nSPS) is 14.8. The number of aryl methyl sites for hydroxylation is 1. The summed E-state index contributed by atoms with van der Waals surface area (Å²) in [7, 11) is 0. The predicted octanol–water partition coefficient (Wildman–Crippen LogP) is 3.73. The number of nitrogens with zero attached hydrogens (tertiary/aromatic N) is 4. The molecule has 2 heterocycles. The molecule has 3 aromatic rings. The number of piperazine rings is 1. The Bertz CT molecular complexity index is 1000. The first-order valence-electron chi connectivity index (χ1n) is 10.5. The Morgan fingerprint density at radius 1 is 0.968 bits per heavy atom. The van der Waals surface area contributed by atoms with Crippen LogP contribution in [0.4, 0.5) is 11.6 Å². The second-order valence-electron chi connectivity index (χ2n) is 7.67. The molecule has 1 saturated heterocycles. The molecule has 1 N–H and O–H groups in total. The highest BCUT2D eigenvalue weighted by atomic mass is 16.5. The van der Waals surface area contributed by atoms with Gasteiger partial charge in [-0.3, -0.25) is 4.79 Å². The summed E-state index contributed by atoms with van der Waals surface area (Å²) in [5.41, 5.74) is 2.04.